The van der Waals surface area contributed by atoms with Crippen LogP contribution in [0.25, 0.3) is 0 Å². The van der Waals surface area contributed by atoms with Crippen LogP contribution in [0.15, 0.2) is 29.6 Å². The summed E-state index contributed by atoms with van der Waals surface area (Å²) < 4.78 is 1.67. The maximum atomic E-state index is 4.23. The maximum absolute atomic E-state index is 4.23. The van der Waals surface area contributed by atoms with Crippen molar-refractivity contribution >= 4 is 11.8 Å². The van der Waals surface area contributed by atoms with Crippen LogP contribution in [0.5, 0.6) is 0 Å². The fraction of sp³-hybridized carbons (Fsp3) is 0.400. The minimum Gasteiger partial charge on any atom is -0.310 e. The van der Waals surface area contributed by atoms with Crippen LogP contribution in [0.3, 0.4) is 0 Å². The second kappa shape index (κ2) is 6.31. The zero-order valence-corrected chi connectivity index (χ0v) is 10.4. The smallest absolute Gasteiger partial charge is 0.209 e. The van der Waals surface area contributed by atoms with E-state index < -0.39 is 0 Å². The highest BCUT2D eigenvalue weighted by atomic mass is 32.2. The molecule has 0 fully saturated rings. The Morgan fingerprint density at radius 1 is 1.41 bits per heavy atom. The summed E-state index contributed by atoms with van der Waals surface area (Å²) in [6.07, 6.45) is 1.80. The molecule has 0 saturated carbocycles. The topological polar surface area (TPSA) is 68.5 Å². The van der Waals surface area contributed by atoms with Gasteiger partial charge in [-0.1, -0.05) is 17.8 Å². The second-order valence-electron chi connectivity index (χ2n) is 3.43. The van der Waals surface area contributed by atoms with Crippen LogP contribution in [0.4, 0.5) is 0 Å². The number of thioether (sulfide) groups is 1. The van der Waals surface area contributed by atoms with Gasteiger partial charge in [0.25, 0.3) is 0 Å². The number of pyridine rings is 1. The first-order valence-electron chi connectivity index (χ1n) is 5.32. The van der Waals surface area contributed by atoms with Gasteiger partial charge in [0.15, 0.2) is 0 Å². The van der Waals surface area contributed by atoms with E-state index in [-0.39, 0.29) is 0 Å². The summed E-state index contributed by atoms with van der Waals surface area (Å²) in [5.41, 5.74) is 1.05. The summed E-state index contributed by atoms with van der Waals surface area (Å²) >= 11 is 1.63. The Bertz CT molecular complexity index is 443. The average molecular weight is 250 g/mol. The van der Waals surface area contributed by atoms with Gasteiger partial charge in [0.1, 0.15) is 0 Å². The molecule has 2 rings (SSSR count). The largest absolute Gasteiger partial charge is 0.310 e. The second-order valence-corrected chi connectivity index (χ2v) is 4.49. The van der Waals surface area contributed by atoms with Gasteiger partial charge in [0.05, 0.1) is 5.69 Å². The number of aryl methyl sites for hydroxylation is 1. The molecular formula is C10H14N6S. The minimum absolute atomic E-state index is 0.790. The molecule has 6 nitrogen and oxygen atoms in total. The Morgan fingerprint density at radius 2 is 2.35 bits per heavy atom. The van der Waals surface area contributed by atoms with Crippen molar-refractivity contribution in [3.63, 3.8) is 0 Å². The van der Waals surface area contributed by atoms with Crippen LogP contribution in [-0.4, -0.2) is 37.5 Å². The van der Waals surface area contributed by atoms with E-state index in [2.05, 4.69) is 25.8 Å². The minimum atomic E-state index is 0.790. The van der Waals surface area contributed by atoms with Gasteiger partial charge in [0, 0.05) is 32.1 Å². The first-order valence-corrected chi connectivity index (χ1v) is 6.30. The van der Waals surface area contributed by atoms with Crippen LogP contribution in [0.1, 0.15) is 5.69 Å². The highest BCUT2D eigenvalue weighted by Crippen LogP contribution is 2.10. The monoisotopic (exact) mass is 250 g/mol. The SMILES string of the molecule is Cn1nnnc1SCCNCc1ccccn1. The van der Waals surface area contributed by atoms with Crippen LogP contribution in [0, 0.1) is 0 Å². The number of rotatable bonds is 6. The summed E-state index contributed by atoms with van der Waals surface area (Å²) in [7, 11) is 1.84. The standard InChI is InChI=1S/C10H14N6S/c1-16-10(13-14-15-16)17-7-6-11-8-9-4-2-3-5-12-9/h2-5,11H,6-8H2,1H3. The molecule has 0 saturated heterocycles. The molecule has 0 aliphatic carbocycles. The molecule has 17 heavy (non-hydrogen) atoms. The summed E-state index contributed by atoms with van der Waals surface area (Å²) in [6, 6.07) is 5.91. The molecule has 0 atom stereocenters. The van der Waals surface area contributed by atoms with Gasteiger partial charge in [-0.2, -0.15) is 0 Å². The van der Waals surface area contributed by atoms with Gasteiger partial charge < -0.3 is 5.32 Å². The van der Waals surface area contributed by atoms with Crippen LogP contribution >= 0.6 is 11.8 Å². The molecule has 0 aliphatic rings. The van der Waals surface area contributed by atoms with E-state index in [1.165, 1.54) is 0 Å². The molecule has 0 bridgehead atoms. The van der Waals surface area contributed by atoms with Gasteiger partial charge in [-0.15, -0.1) is 5.10 Å². The van der Waals surface area contributed by atoms with Crippen LogP contribution in [0.2, 0.25) is 0 Å². The molecule has 0 radical (unpaired) electrons. The molecule has 7 heteroatoms. The molecular weight excluding hydrogens is 236 g/mol. The van der Waals surface area contributed by atoms with Crippen molar-refractivity contribution in [2.75, 3.05) is 12.3 Å². The summed E-state index contributed by atoms with van der Waals surface area (Å²) in [5, 5.41) is 15.4. The molecule has 0 amide bonds. The lowest BCUT2D eigenvalue weighted by Crippen LogP contribution is -2.17. The molecule has 90 valence electrons. The predicted octanol–water partition coefficient (Wildman–Crippen LogP) is 0.487. The quantitative estimate of drug-likeness (QED) is 0.594. The predicted molar refractivity (Wildman–Crippen MR) is 65.5 cm³/mol. The first kappa shape index (κ1) is 12.0. The molecule has 0 unspecified atom stereocenters. The lowest BCUT2D eigenvalue weighted by atomic mass is 10.3. The molecule has 1 N–H and O–H groups in total. The van der Waals surface area contributed by atoms with Crippen molar-refractivity contribution in [1.29, 1.82) is 0 Å². The van der Waals surface area contributed by atoms with Crippen molar-refractivity contribution in [2.45, 2.75) is 11.7 Å². The van der Waals surface area contributed by atoms with Gasteiger partial charge >= 0.3 is 0 Å². The third kappa shape index (κ3) is 3.79. The summed E-state index contributed by atoms with van der Waals surface area (Å²) in [4.78, 5) is 4.23. The van der Waals surface area contributed by atoms with E-state index in [0.717, 1.165) is 29.7 Å². The normalized spacial score (nSPS) is 10.6. The molecule has 2 aromatic heterocycles. The summed E-state index contributed by atoms with van der Waals surface area (Å²) in [5.74, 6) is 0.932. The Balaban J connectivity index is 1.63. The van der Waals surface area contributed by atoms with Crippen molar-refractivity contribution in [3.8, 4) is 0 Å². The molecule has 2 heterocycles. The highest BCUT2D eigenvalue weighted by molar-refractivity contribution is 7.99. The fourth-order valence-electron chi connectivity index (χ4n) is 1.28. The number of tetrazole rings is 1. The van der Waals surface area contributed by atoms with E-state index in [0.29, 0.717) is 0 Å². The Hall–Kier alpha value is -1.47. The van der Waals surface area contributed by atoms with E-state index in [9.17, 15) is 0 Å². The number of nitrogens with one attached hydrogen (secondary N) is 1. The van der Waals surface area contributed by atoms with Crippen molar-refractivity contribution in [1.82, 2.24) is 30.5 Å². The van der Waals surface area contributed by atoms with Gasteiger partial charge in [-0.25, -0.2) is 4.68 Å². The Kier molecular flexibility index (Phi) is 4.45. The van der Waals surface area contributed by atoms with Crippen molar-refractivity contribution in [2.24, 2.45) is 7.05 Å². The van der Waals surface area contributed by atoms with Gasteiger partial charge in [0.2, 0.25) is 5.16 Å². The van der Waals surface area contributed by atoms with Crippen molar-refractivity contribution in [3.05, 3.63) is 30.1 Å². The lowest BCUT2D eigenvalue weighted by molar-refractivity contribution is 0.663. The van der Waals surface area contributed by atoms with Gasteiger partial charge in [-0.05, 0) is 22.6 Å². The van der Waals surface area contributed by atoms with Crippen LogP contribution in [-0.2, 0) is 13.6 Å². The zero-order valence-electron chi connectivity index (χ0n) is 9.58. The number of aromatic nitrogens is 5. The molecule has 0 aliphatic heterocycles. The summed E-state index contributed by atoms with van der Waals surface area (Å²) in [6.45, 7) is 1.69. The third-order valence-corrected chi connectivity index (χ3v) is 3.14. The zero-order chi connectivity index (χ0) is 11.9. The first-order chi connectivity index (χ1) is 8.36. The lowest BCUT2D eigenvalue weighted by Gasteiger charge is -2.03. The highest BCUT2D eigenvalue weighted by Gasteiger charge is 2.01. The van der Waals surface area contributed by atoms with E-state index in [1.807, 2.05) is 25.2 Å². The molecule has 2 aromatic rings. The van der Waals surface area contributed by atoms with Gasteiger partial charge in [-0.3, -0.25) is 4.98 Å². The van der Waals surface area contributed by atoms with Crippen LogP contribution < -0.4 is 5.32 Å². The number of hydrogen-bond acceptors (Lipinski definition) is 6. The molecule has 0 aromatic carbocycles. The van der Waals surface area contributed by atoms with E-state index in [1.54, 1.807) is 22.6 Å². The van der Waals surface area contributed by atoms with Crippen molar-refractivity contribution < 1.29 is 0 Å². The Labute approximate surface area is 104 Å². The van der Waals surface area contributed by atoms with E-state index in [4.69, 9.17) is 0 Å². The number of nitrogens with zero attached hydrogens (tertiary/aromatic N) is 5. The third-order valence-electron chi connectivity index (χ3n) is 2.12. The maximum Gasteiger partial charge on any atom is 0.209 e. The molecule has 0 spiro atoms. The number of hydrogen-bond donors (Lipinski definition) is 1. The average Bonchev–Trinajstić information content (AvgIpc) is 2.76. The Morgan fingerprint density at radius 3 is 3.06 bits per heavy atom. The fourth-order valence-corrected chi connectivity index (χ4v) is 2.02. The van der Waals surface area contributed by atoms with E-state index >= 15 is 0 Å².